The van der Waals surface area contributed by atoms with Gasteiger partial charge in [0.05, 0.1) is 4.90 Å². The molecular formula is C21H29N3O6S. The Hall–Kier alpha value is -2.46. The van der Waals surface area contributed by atoms with Crippen molar-refractivity contribution in [1.82, 2.24) is 14.5 Å². The predicted molar refractivity (Wildman–Crippen MR) is 113 cm³/mol. The molecular weight excluding hydrogens is 422 g/mol. The largest absolute Gasteiger partial charge is 0.439 e. The number of amides is 3. The Morgan fingerprint density at radius 2 is 1.74 bits per heavy atom. The number of likely N-dealkylation sites (tertiary alicyclic amines) is 1. The fraction of sp³-hybridized carbons (Fsp3) is 0.571. The number of hydrogen-bond donors (Lipinski definition) is 1. The van der Waals surface area contributed by atoms with E-state index in [1.165, 1.54) is 0 Å². The zero-order valence-electron chi connectivity index (χ0n) is 18.1. The van der Waals surface area contributed by atoms with E-state index in [4.69, 9.17) is 4.74 Å². The van der Waals surface area contributed by atoms with Gasteiger partial charge in [-0.2, -0.15) is 0 Å². The van der Waals surface area contributed by atoms with Crippen molar-refractivity contribution in [2.45, 2.75) is 56.4 Å². The first-order valence-electron chi connectivity index (χ1n) is 10.4. The van der Waals surface area contributed by atoms with Crippen molar-refractivity contribution < 1.29 is 27.5 Å². The van der Waals surface area contributed by atoms with Gasteiger partial charge in [-0.3, -0.25) is 9.59 Å². The summed E-state index contributed by atoms with van der Waals surface area (Å²) in [7, 11) is -3.70. The van der Waals surface area contributed by atoms with Gasteiger partial charge in [0, 0.05) is 32.1 Å². The minimum absolute atomic E-state index is 0.000938. The number of benzene rings is 1. The minimum Gasteiger partial charge on any atom is -0.439 e. The highest BCUT2D eigenvalue weighted by Crippen LogP contribution is 2.24. The molecule has 3 rings (SSSR count). The number of cyclic esters (lactones) is 1. The van der Waals surface area contributed by atoms with Crippen LogP contribution >= 0.6 is 0 Å². The lowest BCUT2D eigenvalue weighted by molar-refractivity contribution is -0.133. The van der Waals surface area contributed by atoms with Crippen molar-refractivity contribution in [1.29, 1.82) is 0 Å². The third-order valence-electron chi connectivity index (χ3n) is 5.63. The van der Waals surface area contributed by atoms with Crippen LogP contribution < -0.4 is 4.72 Å². The molecule has 2 aliphatic heterocycles. The van der Waals surface area contributed by atoms with Gasteiger partial charge in [0.2, 0.25) is 15.9 Å². The maximum absolute atomic E-state index is 12.5. The Labute approximate surface area is 182 Å². The van der Waals surface area contributed by atoms with E-state index in [-0.39, 0.29) is 47.7 Å². The van der Waals surface area contributed by atoms with Crippen LogP contribution in [0.5, 0.6) is 0 Å². The fourth-order valence-corrected chi connectivity index (χ4v) is 4.79. The summed E-state index contributed by atoms with van der Waals surface area (Å²) in [6, 6.07) is 6.47. The number of ether oxygens (including phenoxy) is 1. The molecule has 10 heteroatoms. The van der Waals surface area contributed by atoms with Crippen LogP contribution in [-0.4, -0.2) is 68.4 Å². The first kappa shape index (κ1) is 23.2. The van der Waals surface area contributed by atoms with Crippen LogP contribution in [0.2, 0.25) is 0 Å². The van der Waals surface area contributed by atoms with Crippen molar-refractivity contribution in [2.75, 3.05) is 26.2 Å². The summed E-state index contributed by atoms with van der Waals surface area (Å²) in [5, 5.41) is 0. The zero-order valence-corrected chi connectivity index (χ0v) is 18.9. The van der Waals surface area contributed by atoms with Gasteiger partial charge in [0.1, 0.15) is 0 Å². The molecule has 0 unspecified atom stereocenters. The van der Waals surface area contributed by atoms with Gasteiger partial charge in [-0.15, -0.1) is 0 Å². The van der Waals surface area contributed by atoms with Gasteiger partial charge < -0.3 is 9.64 Å². The van der Waals surface area contributed by atoms with Gasteiger partial charge in [0.15, 0.2) is 6.61 Å². The first-order valence-corrected chi connectivity index (χ1v) is 11.8. The third kappa shape index (κ3) is 5.43. The molecule has 0 saturated carbocycles. The van der Waals surface area contributed by atoms with Crippen molar-refractivity contribution in [2.24, 2.45) is 0 Å². The molecule has 3 amide bonds. The van der Waals surface area contributed by atoms with Crippen LogP contribution in [0.4, 0.5) is 4.79 Å². The molecule has 0 spiro atoms. The Kier molecular flexibility index (Phi) is 6.70. The first-order chi connectivity index (χ1) is 14.5. The Morgan fingerprint density at radius 1 is 1.13 bits per heavy atom. The number of carbonyl (C=O) groups is 3. The highest BCUT2D eigenvalue weighted by molar-refractivity contribution is 7.89. The molecule has 0 atom stereocenters. The number of piperidine rings is 1. The number of rotatable bonds is 6. The van der Waals surface area contributed by atoms with E-state index in [1.807, 2.05) is 0 Å². The summed E-state index contributed by atoms with van der Waals surface area (Å²) < 4.78 is 32.2. The Balaban J connectivity index is 1.47. The second kappa shape index (κ2) is 8.96. The average molecular weight is 452 g/mol. The third-order valence-corrected chi connectivity index (χ3v) is 7.11. The molecule has 2 aliphatic rings. The topological polar surface area (TPSA) is 113 Å². The lowest BCUT2D eigenvalue weighted by Gasteiger charge is -2.34. The lowest BCUT2D eigenvalue weighted by Crippen LogP contribution is -2.48. The molecule has 1 aromatic rings. The average Bonchev–Trinajstić information content (AvgIpc) is 3.05. The highest BCUT2D eigenvalue weighted by Gasteiger charge is 2.38. The van der Waals surface area contributed by atoms with Crippen molar-refractivity contribution in [3.8, 4) is 0 Å². The van der Waals surface area contributed by atoms with Gasteiger partial charge in [-0.1, -0.05) is 32.9 Å². The number of carbonyl (C=O) groups excluding carboxylic acids is 3. The molecule has 2 fully saturated rings. The molecule has 0 aliphatic carbocycles. The maximum atomic E-state index is 12.5. The standard InChI is InChI=1S/C21H29N3O6S/c1-21(2,3)15-4-6-17(7-5-15)31(28,29)22-11-8-18(25)23-12-9-16(10-13-23)24-19(26)14-30-20(24)27/h4-7,16,22H,8-14H2,1-3H3. The molecule has 1 aromatic carbocycles. The van der Waals surface area contributed by atoms with Crippen LogP contribution in [0, 0.1) is 0 Å². The molecule has 170 valence electrons. The van der Waals surface area contributed by atoms with E-state index in [0.717, 1.165) is 10.5 Å². The van der Waals surface area contributed by atoms with E-state index in [2.05, 4.69) is 25.5 Å². The van der Waals surface area contributed by atoms with E-state index in [9.17, 15) is 22.8 Å². The smallest absolute Gasteiger partial charge is 0.417 e. The second-order valence-electron chi connectivity index (χ2n) is 8.85. The monoisotopic (exact) mass is 451 g/mol. The van der Waals surface area contributed by atoms with Crippen molar-refractivity contribution >= 4 is 27.9 Å². The summed E-state index contributed by atoms with van der Waals surface area (Å²) in [5.74, 6) is -0.515. The molecule has 0 radical (unpaired) electrons. The van der Waals surface area contributed by atoms with E-state index in [1.54, 1.807) is 29.2 Å². The quantitative estimate of drug-likeness (QED) is 0.703. The van der Waals surface area contributed by atoms with Gasteiger partial charge in [-0.25, -0.2) is 22.8 Å². The second-order valence-corrected chi connectivity index (χ2v) is 10.6. The van der Waals surface area contributed by atoms with Crippen LogP contribution in [0.3, 0.4) is 0 Å². The summed E-state index contributed by atoms with van der Waals surface area (Å²) in [4.78, 5) is 38.8. The maximum Gasteiger partial charge on any atom is 0.417 e. The molecule has 0 bridgehead atoms. The zero-order chi connectivity index (χ0) is 22.8. The van der Waals surface area contributed by atoms with E-state index in [0.29, 0.717) is 25.9 Å². The molecule has 9 nitrogen and oxygen atoms in total. The van der Waals surface area contributed by atoms with Crippen LogP contribution in [0.15, 0.2) is 29.2 Å². The number of nitrogens with one attached hydrogen (secondary N) is 1. The number of hydrogen-bond acceptors (Lipinski definition) is 6. The van der Waals surface area contributed by atoms with Crippen LogP contribution in [-0.2, 0) is 29.8 Å². The molecule has 31 heavy (non-hydrogen) atoms. The highest BCUT2D eigenvalue weighted by atomic mass is 32.2. The van der Waals surface area contributed by atoms with Gasteiger partial charge in [-0.05, 0) is 36.0 Å². The summed E-state index contributed by atoms with van der Waals surface area (Å²) >= 11 is 0. The lowest BCUT2D eigenvalue weighted by atomic mass is 9.87. The molecule has 2 saturated heterocycles. The fourth-order valence-electron chi connectivity index (χ4n) is 3.76. The summed E-state index contributed by atoms with van der Waals surface area (Å²) in [6.45, 7) is 6.74. The molecule has 1 N–H and O–H groups in total. The normalized spacial score (nSPS) is 18.4. The Morgan fingerprint density at radius 3 is 2.26 bits per heavy atom. The molecule has 0 aromatic heterocycles. The number of nitrogens with zero attached hydrogens (tertiary/aromatic N) is 2. The van der Waals surface area contributed by atoms with Crippen LogP contribution in [0.1, 0.15) is 45.6 Å². The summed E-state index contributed by atoms with van der Waals surface area (Å²) in [5.41, 5.74) is 0.965. The van der Waals surface area contributed by atoms with Crippen LogP contribution in [0.25, 0.3) is 0 Å². The van der Waals surface area contributed by atoms with Gasteiger partial charge in [0.25, 0.3) is 5.91 Å². The number of imide groups is 1. The SMILES string of the molecule is CC(C)(C)c1ccc(S(=O)(=O)NCCC(=O)N2CCC(N3C(=O)COC3=O)CC2)cc1. The van der Waals surface area contributed by atoms with E-state index < -0.39 is 16.1 Å². The van der Waals surface area contributed by atoms with Crippen molar-refractivity contribution in [3.63, 3.8) is 0 Å². The predicted octanol–water partition coefficient (Wildman–Crippen LogP) is 1.62. The summed E-state index contributed by atoms with van der Waals surface area (Å²) in [6.07, 6.45) is 0.380. The number of sulfonamides is 1. The molecule has 2 heterocycles. The Bertz CT molecular complexity index is 928. The van der Waals surface area contributed by atoms with E-state index >= 15 is 0 Å². The minimum atomic E-state index is -3.70. The van der Waals surface area contributed by atoms with Gasteiger partial charge >= 0.3 is 6.09 Å². The van der Waals surface area contributed by atoms with Crippen molar-refractivity contribution in [3.05, 3.63) is 29.8 Å².